The quantitative estimate of drug-likeness (QED) is 0.268. The van der Waals surface area contributed by atoms with E-state index >= 15 is 0 Å². The predicted molar refractivity (Wildman–Crippen MR) is 146 cm³/mol. The van der Waals surface area contributed by atoms with Crippen LogP contribution in [0.25, 0.3) is 11.3 Å². The van der Waals surface area contributed by atoms with Crippen LogP contribution >= 0.6 is 11.6 Å². The number of amides is 1. The molecule has 10 heteroatoms. The molecular weight excluding hydrogens is 490 g/mol. The highest BCUT2D eigenvalue weighted by atomic mass is 35.5. The fourth-order valence-corrected chi connectivity index (χ4v) is 5.26. The van der Waals surface area contributed by atoms with Crippen molar-refractivity contribution in [3.05, 3.63) is 23.1 Å². The third-order valence-electron chi connectivity index (χ3n) is 7.68. The van der Waals surface area contributed by atoms with E-state index in [4.69, 9.17) is 21.4 Å². The van der Waals surface area contributed by atoms with Gasteiger partial charge in [0.25, 0.3) is 0 Å². The van der Waals surface area contributed by atoms with Crippen molar-refractivity contribution in [3.8, 4) is 11.3 Å². The first kappa shape index (κ1) is 27.8. The van der Waals surface area contributed by atoms with Gasteiger partial charge in [0.05, 0.1) is 30.2 Å². The predicted octanol–water partition coefficient (Wildman–Crippen LogP) is 4.77. The van der Waals surface area contributed by atoms with E-state index in [1.165, 1.54) is 30.7 Å². The van der Waals surface area contributed by atoms with Crippen LogP contribution in [0.2, 0.25) is 5.02 Å². The van der Waals surface area contributed by atoms with Crippen LogP contribution in [0.15, 0.2) is 12.4 Å². The molecule has 0 atom stereocenters. The first-order valence-electron chi connectivity index (χ1n) is 13.8. The Morgan fingerprint density at radius 2 is 1.84 bits per heavy atom. The normalized spacial score (nSPS) is 19.7. The number of aromatic nitrogens is 4. The summed E-state index contributed by atoms with van der Waals surface area (Å²) < 4.78 is 1.95. The summed E-state index contributed by atoms with van der Waals surface area (Å²) >= 11 is 6.53. The minimum atomic E-state index is 0.0432. The third kappa shape index (κ3) is 8.12. The lowest BCUT2D eigenvalue weighted by Gasteiger charge is -2.30. The zero-order valence-corrected chi connectivity index (χ0v) is 23.3. The number of halogens is 1. The van der Waals surface area contributed by atoms with Gasteiger partial charge in [0.2, 0.25) is 11.9 Å². The molecule has 2 saturated carbocycles. The van der Waals surface area contributed by atoms with E-state index in [1.807, 2.05) is 17.9 Å². The number of nitrogens with one attached hydrogen (secondary N) is 2. The van der Waals surface area contributed by atoms with Crippen molar-refractivity contribution in [3.63, 3.8) is 0 Å². The van der Waals surface area contributed by atoms with E-state index in [-0.39, 0.29) is 5.91 Å². The zero-order chi connectivity index (χ0) is 26.2. The summed E-state index contributed by atoms with van der Waals surface area (Å²) in [6.07, 6.45) is 16.5. The van der Waals surface area contributed by atoms with Crippen molar-refractivity contribution >= 4 is 23.5 Å². The summed E-state index contributed by atoms with van der Waals surface area (Å²) in [5, 5.41) is 13.6. The van der Waals surface area contributed by atoms with Crippen LogP contribution in [0, 0.1) is 5.92 Å². The van der Waals surface area contributed by atoms with Gasteiger partial charge in [-0.15, -0.1) is 0 Å². The summed E-state index contributed by atoms with van der Waals surface area (Å²) in [5.41, 5.74) is 2.99. The second kappa shape index (κ2) is 13.5. The molecule has 37 heavy (non-hydrogen) atoms. The number of carbonyl (C=O) groups excluding carboxylic acids is 1. The molecule has 0 bridgehead atoms. The zero-order valence-electron chi connectivity index (χ0n) is 22.5. The molecule has 4 rings (SSSR count). The Labute approximate surface area is 225 Å². The molecule has 2 aromatic heterocycles. The van der Waals surface area contributed by atoms with Gasteiger partial charge in [0, 0.05) is 43.9 Å². The van der Waals surface area contributed by atoms with Gasteiger partial charge in [-0.25, -0.2) is 15.0 Å². The Kier molecular flexibility index (Phi) is 10.2. The Balaban J connectivity index is 1.17. The number of unbranched alkanes of at least 4 members (excludes halogenated alkanes) is 3. The highest BCUT2D eigenvalue weighted by molar-refractivity contribution is 6.32. The molecule has 0 unspecified atom stereocenters. The summed E-state index contributed by atoms with van der Waals surface area (Å²) in [6.45, 7) is 1.03. The molecule has 0 aliphatic heterocycles. The number of hydrogen-bond acceptors (Lipinski definition) is 7. The van der Waals surface area contributed by atoms with Crippen LogP contribution in [-0.4, -0.2) is 63.5 Å². The van der Waals surface area contributed by atoms with Gasteiger partial charge in [-0.1, -0.05) is 24.4 Å². The lowest BCUT2D eigenvalue weighted by molar-refractivity contribution is -0.168. The van der Waals surface area contributed by atoms with Gasteiger partial charge in [-0.05, 0) is 70.3 Å². The van der Waals surface area contributed by atoms with Gasteiger partial charge >= 0.3 is 0 Å². The molecule has 2 N–H and O–H groups in total. The second-order valence-corrected chi connectivity index (χ2v) is 11.0. The lowest BCUT2D eigenvalue weighted by Crippen LogP contribution is -2.37. The largest absolute Gasteiger partial charge is 0.351 e. The molecule has 2 aromatic rings. The first-order chi connectivity index (χ1) is 17.9. The van der Waals surface area contributed by atoms with Crippen molar-refractivity contribution in [1.29, 1.82) is 0 Å². The fraction of sp³-hybridized carbons (Fsp3) is 0.704. The van der Waals surface area contributed by atoms with Crippen LogP contribution in [0.5, 0.6) is 0 Å². The molecule has 9 nitrogen and oxygen atoms in total. The minimum Gasteiger partial charge on any atom is -0.351 e. The first-order valence-corrected chi connectivity index (χ1v) is 14.2. The maximum absolute atomic E-state index is 11.7. The third-order valence-corrected chi connectivity index (χ3v) is 7.95. The number of anilines is 1. The van der Waals surface area contributed by atoms with Crippen LogP contribution in [0.4, 0.5) is 5.95 Å². The van der Waals surface area contributed by atoms with E-state index in [0.717, 1.165) is 81.5 Å². The molecule has 1 amide bonds. The van der Waals surface area contributed by atoms with Crippen LogP contribution in [-0.2, 0) is 23.1 Å². The van der Waals surface area contributed by atoms with E-state index in [9.17, 15) is 4.79 Å². The van der Waals surface area contributed by atoms with Crippen molar-refractivity contribution in [2.24, 2.45) is 13.0 Å². The molecule has 204 valence electrons. The lowest BCUT2D eigenvalue weighted by atomic mass is 9.91. The second-order valence-electron chi connectivity index (χ2n) is 10.6. The summed E-state index contributed by atoms with van der Waals surface area (Å²) in [6, 6.07) is 0.937. The molecule has 2 aliphatic carbocycles. The number of carbonyl (C=O) groups is 1. The van der Waals surface area contributed by atoms with Crippen molar-refractivity contribution < 1.29 is 9.63 Å². The molecule has 2 aliphatic rings. The van der Waals surface area contributed by atoms with Gasteiger partial charge in [-0.3, -0.25) is 14.3 Å². The fourth-order valence-electron chi connectivity index (χ4n) is 5.07. The molecular formula is C27H42ClN7O2. The minimum absolute atomic E-state index is 0.0432. The van der Waals surface area contributed by atoms with E-state index < -0.39 is 0 Å². The molecule has 2 heterocycles. The maximum Gasteiger partial charge on any atom is 0.245 e. The van der Waals surface area contributed by atoms with Crippen LogP contribution in [0.1, 0.15) is 76.3 Å². The Hall–Kier alpha value is -2.23. The highest BCUT2D eigenvalue weighted by Gasteiger charge is 2.26. The molecule has 2 fully saturated rings. The van der Waals surface area contributed by atoms with E-state index in [1.54, 1.807) is 13.2 Å². The molecule has 0 spiro atoms. The average Bonchev–Trinajstić information content (AvgIpc) is 3.66. The average molecular weight is 532 g/mol. The number of hydroxylamine groups is 2. The summed E-state index contributed by atoms with van der Waals surface area (Å²) in [7, 11) is 5.17. The summed E-state index contributed by atoms with van der Waals surface area (Å²) in [5.74, 6) is 1.45. The van der Waals surface area contributed by atoms with Crippen LogP contribution in [0.3, 0.4) is 0 Å². The monoisotopic (exact) mass is 531 g/mol. The number of hydrogen-bond donors (Lipinski definition) is 2. The number of aryl methyl sites for hydroxylation is 1. The van der Waals surface area contributed by atoms with Gasteiger partial charge in [-0.2, -0.15) is 5.10 Å². The number of nitrogens with zero attached hydrogens (tertiary/aromatic N) is 5. The smallest absolute Gasteiger partial charge is 0.245 e. The standard InChI is InChI=1S/C27H42ClN7O2/c1-34-24(16-19-9-10-19)22(17-31-34)26-23(28)18-30-27(33-26)32-21-13-11-20(12-14-21)29-15-7-5-4-6-8-25(36)35(2)37-3/h17-21,29H,4-16H2,1-3H3,(H,30,32,33)/t20-,21-. The molecule has 0 aromatic carbocycles. The van der Waals surface area contributed by atoms with Crippen molar-refractivity contribution in [2.45, 2.75) is 89.1 Å². The van der Waals surface area contributed by atoms with Gasteiger partial charge in [0.1, 0.15) is 0 Å². The van der Waals surface area contributed by atoms with Crippen molar-refractivity contribution in [2.75, 3.05) is 26.0 Å². The number of rotatable bonds is 14. The maximum atomic E-state index is 11.7. The summed E-state index contributed by atoms with van der Waals surface area (Å²) in [4.78, 5) is 25.9. The van der Waals surface area contributed by atoms with Gasteiger partial charge < -0.3 is 10.6 Å². The Morgan fingerprint density at radius 1 is 1.11 bits per heavy atom. The molecule has 0 radical (unpaired) electrons. The van der Waals surface area contributed by atoms with Gasteiger partial charge in [0.15, 0.2) is 0 Å². The molecule has 0 saturated heterocycles. The van der Waals surface area contributed by atoms with E-state index in [0.29, 0.717) is 29.5 Å². The van der Waals surface area contributed by atoms with Crippen LogP contribution < -0.4 is 10.6 Å². The Bertz CT molecular complexity index is 1020. The SMILES string of the molecule is CON(C)C(=O)CCCCCCN[C@H]1CC[C@H](Nc2ncc(Cl)c(-c3cnn(C)c3CC3CC3)n2)CC1. The van der Waals surface area contributed by atoms with E-state index in [2.05, 4.69) is 20.7 Å². The highest BCUT2D eigenvalue weighted by Crippen LogP contribution is 2.37. The Morgan fingerprint density at radius 3 is 2.57 bits per heavy atom. The van der Waals surface area contributed by atoms with Crippen molar-refractivity contribution in [1.82, 2.24) is 30.1 Å². The topological polar surface area (TPSA) is 97.2 Å².